The van der Waals surface area contributed by atoms with Gasteiger partial charge < -0.3 is 5.32 Å². The largest absolute Gasteiger partial charge is 0.322 e. The summed E-state index contributed by atoms with van der Waals surface area (Å²) in [6.45, 7) is 0. The summed E-state index contributed by atoms with van der Waals surface area (Å²) in [6, 6.07) is 18.2. The number of halogens is 1. The van der Waals surface area contributed by atoms with E-state index >= 15 is 0 Å². The fraction of sp³-hybridized carbons (Fsp3) is 0. The number of aromatic nitrogens is 3. The first-order chi connectivity index (χ1) is 14.0. The van der Waals surface area contributed by atoms with Gasteiger partial charge in [-0.3, -0.25) is 0 Å². The third-order valence-corrected chi connectivity index (χ3v) is 7.61. The molecule has 0 saturated carbocycles. The highest BCUT2D eigenvalue weighted by Gasteiger charge is 2.33. The molecule has 10 heteroatoms. The van der Waals surface area contributed by atoms with Crippen LogP contribution in [0.4, 0.5) is 11.6 Å². The summed E-state index contributed by atoms with van der Waals surface area (Å²) >= 11 is 7.19. The summed E-state index contributed by atoms with van der Waals surface area (Å²) in [7, 11) is -3.99. The van der Waals surface area contributed by atoms with Crippen LogP contribution in [0, 0.1) is 11.3 Å². The van der Waals surface area contributed by atoms with Gasteiger partial charge in [-0.1, -0.05) is 48.0 Å². The Bertz CT molecular complexity index is 1450. The van der Waals surface area contributed by atoms with Gasteiger partial charge in [0.15, 0.2) is 0 Å². The highest BCUT2D eigenvalue weighted by Crippen LogP contribution is 2.41. The van der Waals surface area contributed by atoms with Crippen molar-refractivity contribution in [3.63, 3.8) is 0 Å². The smallest absolute Gasteiger partial charge is 0.286 e. The molecule has 142 valence electrons. The van der Waals surface area contributed by atoms with Crippen LogP contribution >= 0.6 is 23.4 Å². The van der Waals surface area contributed by atoms with Gasteiger partial charge in [-0.15, -0.1) is 9.19 Å². The number of benzene rings is 3. The molecule has 0 fully saturated rings. The summed E-state index contributed by atoms with van der Waals surface area (Å²) in [5.41, 5.74) is 0.855. The molecular weight excluding hydrogens is 430 g/mol. The summed E-state index contributed by atoms with van der Waals surface area (Å²) in [6.07, 6.45) is 0. The Morgan fingerprint density at radius 2 is 1.93 bits per heavy atom. The van der Waals surface area contributed by atoms with Crippen molar-refractivity contribution >= 4 is 55.8 Å². The van der Waals surface area contributed by atoms with Crippen LogP contribution in [0.1, 0.15) is 5.56 Å². The standard InChI is InChI=1S/C19H10ClN5O2S2/c20-14-9-16-17(8-12(14)10-21)29(26,27)25-19(28-16)23-18(24-25)22-15-7-3-5-11-4-1-2-6-13(11)15/h1-9H,(H,22,24). The Kier molecular flexibility index (Phi) is 4.03. The molecule has 5 rings (SSSR count). The number of fused-ring (bicyclic) bond motifs is 3. The van der Waals surface area contributed by atoms with E-state index in [1.807, 2.05) is 48.5 Å². The number of rotatable bonds is 2. The van der Waals surface area contributed by atoms with Crippen molar-refractivity contribution in [1.29, 1.82) is 5.26 Å². The van der Waals surface area contributed by atoms with E-state index < -0.39 is 10.0 Å². The molecule has 0 spiro atoms. The first kappa shape index (κ1) is 18.0. The van der Waals surface area contributed by atoms with Crippen molar-refractivity contribution in [3.8, 4) is 6.07 Å². The maximum Gasteiger partial charge on any atom is 0.286 e. The van der Waals surface area contributed by atoms with E-state index in [2.05, 4.69) is 15.4 Å². The lowest BCUT2D eigenvalue weighted by molar-refractivity contribution is 0.568. The topological polar surface area (TPSA) is 101 Å². The highest BCUT2D eigenvalue weighted by atomic mass is 35.5. The molecular formula is C19H10ClN5O2S2. The number of nitrogens with one attached hydrogen (secondary N) is 1. The molecule has 4 aromatic rings. The second-order valence-corrected chi connectivity index (χ2v) is 9.36. The molecule has 0 radical (unpaired) electrons. The Morgan fingerprint density at radius 3 is 2.76 bits per heavy atom. The molecule has 2 heterocycles. The van der Waals surface area contributed by atoms with Crippen molar-refractivity contribution in [2.75, 3.05) is 5.32 Å². The molecule has 29 heavy (non-hydrogen) atoms. The second-order valence-electron chi connectivity index (χ2n) is 6.21. The normalized spacial score (nSPS) is 14.1. The quantitative estimate of drug-likeness (QED) is 0.435. The number of nitriles is 1. The Balaban J connectivity index is 1.59. The minimum Gasteiger partial charge on any atom is -0.322 e. The van der Waals surface area contributed by atoms with Crippen LogP contribution in [0.15, 0.2) is 69.5 Å². The molecule has 0 amide bonds. The number of hydrogen-bond acceptors (Lipinski definition) is 7. The predicted octanol–water partition coefficient (Wildman–Crippen LogP) is 4.40. The minimum absolute atomic E-state index is 0.0161. The molecule has 0 aliphatic carbocycles. The van der Waals surface area contributed by atoms with Crippen LogP contribution < -0.4 is 5.32 Å². The van der Waals surface area contributed by atoms with Crippen LogP contribution in [0.3, 0.4) is 0 Å². The van der Waals surface area contributed by atoms with E-state index in [0.29, 0.717) is 4.90 Å². The van der Waals surface area contributed by atoms with Gasteiger partial charge in [0.2, 0.25) is 11.1 Å². The Morgan fingerprint density at radius 1 is 1.14 bits per heavy atom. The zero-order valence-electron chi connectivity index (χ0n) is 14.5. The highest BCUT2D eigenvalue weighted by molar-refractivity contribution is 8.01. The first-order valence-corrected chi connectivity index (χ1v) is 11.0. The van der Waals surface area contributed by atoms with Crippen molar-refractivity contribution in [3.05, 3.63) is 65.2 Å². The van der Waals surface area contributed by atoms with Crippen molar-refractivity contribution < 1.29 is 8.42 Å². The molecule has 0 bridgehead atoms. The number of nitrogens with zero attached hydrogens (tertiary/aromatic N) is 4. The van der Waals surface area contributed by atoms with Crippen LogP contribution in [0.5, 0.6) is 0 Å². The van der Waals surface area contributed by atoms with Crippen LogP contribution in [0.25, 0.3) is 10.8 Å². The lowest BCUT2D eigenvalue weighted by atomic mass is 10.1. The van der Waals surface area contributed by atoms with Gasteiger partial charge in [0.05, 0.1) is 10.6 Å². The molecule has 3 aromatic carbocycles. The van der Waals surface area contributed by atoms with E-state index in [9.17, 15) is 8.42 Å². The van der Waals surface area contributed by atoms with Gasteiger partial charge in [-0.25, -0.2) is 0 Å². The van der Waals surface area contributed by atoms with Crippen LogP contribution in [-0.2, 0) is 10.0 Å². The van der Waals surface area contributed by atoms with Crippen LogP contribution in [0.2, 0.25) is 5.02 Å². The molecule has 0 saturated heterocycles. The van der Waals surface area contributed by atoms with Gasteiger partial charge in [0, 0.05) is 16.0 Å². The fourth-order valence-corrected chi connectivity index (χ4v) is 6.20. The Labute approximate surface area is 175 Å². The third-order valence-electron chi connectivity index (χ3n) is 4.45. The average molecular weight is 440 g/mol. The maximum absolute atomic E-state index is 13.0. The Hall–Kier alpha value is -3.06. The average Bonchev–Trinajstić information content (AvgIpc) is 3.11. The third kappa shape index (κ3) is 2.84. The van der Waals surface area contributed by atoms with Gasteiger partial charge in [0.25, 0.3) is 10.0 Å². The summed E-state index contributed by atoms with van der Waals surface area (Å²) < 4.78 is 26.9. The van der Waals surface area contributed by atoms with Crippen molar-refractivity contribution in [1.82, 2.24) is 14.2 Å². The lowest BCUT2D eigenvalue weighted by Gasteiger charge is -2.16. The molecule has 1 aromatic heterocycles. The van der Waals surface area contributed by atoms with E-state index in [4.69, 9.17) is 16.9 Å². The first-order valence-electron chi connectivity index (χ1n) is 8.36. The fourth-order valence-electron chi connectivity index (χ4n) is 3.10. The zero-order chi connectivity index (χ0) is 20.2. The van der Waals surface area contributed by atoms with Gasteiger partial charge >= 0.3 is 0 Å². The molecule has 1 aliphatic rings. The maximum atomic E-state index is 13.0. The van der Waals surface area contributed by atoms with Crippen LogP contribution in [-0.4, -0.2) is 22.6 Å². The predicted molar refractivity (Wildman–Crippen MR) is 110 cm³/mol. The molecule has 7 nitrogen and oxygen atoms in total. The number of hydrogen-bond donors (Lipinski definition) is 1. The summed E-state index contributed by atoms with van der Waals surface area (Å²) in [5, 5.41) is 18.8. The monoisotopic (exact) mass is 439 g/mol. The van der Waals surface area contributed by atoms with Gasteiger partial charge in [-0.05, 0) is 35.3 Å². The number of anilines is 2. The van der Waals surface area contributed by atoms with Crippen molar-refractivity contribution in [2.24, 2.45) is 0 Å². The lowest BCUT2D eigenvalue weighted by Crippen LogP contribution is -2.20. The van der Waals surface area contributed by atoms with Gasteiger partial charge in [-0.2, -0.15) is 18.7 Å². The molecule has 0 unspecified atom stereocenters. The summed E-state index contributed by atoms with van der Waals surface area (Å²) in [4.78, 5) is 4.73. The van der Waals surface area contributed by atoms with E-state index in [-0.39, 0.29) is 26.6 Å². The molecule has 0 atom stereocenters. The molecule has 1 N–H and O–H groups in total. The van der Waals surface area contributed by atoms with Crippen molar-refractivity contribution in [2.45, 2.75) is 14.9 Å². The zero-order valence-corrected chi connectivity index (χ0v) is 16.9. The minimum atomic E-state index is -3.99. The van der Waals surface area contributed by atoms with E-state index in [1.165, 1.54) is 12.1 Å². The van der Waals surface area contributed by atoms with Gasteiger partial charge in [0.1, 0.15) is 11.0 Å². The van der Waals surface area contributed by atoms with E-state index in [1.54, 1.807) is 0 Å². The summed E-state index contributed by atoms with van der Waals surface area (Å²) in [5.74, 6) is 0.159. The van der Waals surface area contributed by atoms with E-state index in [0.717, 1.165) is 32.3 Å². The SMILES string of the molecule is N#Cc1cc2c(cc1Cl)Sc1nc(Nc3cccc4ccccc34)nn1S2(=O)=O. The second kappa shape index (κ2) is 6.49. The molecule has 1 aliphatic heterocycles.